The number of morpholine rings is 4. The smallest absolute Gasteiger partial charge is 0.345 e. The molecule has 0 radical (unpaired) electrons. The van der Waals surface area contributed by atoms with Crippen LogP contribution in [0.4, 0.5) is 11.9 Å². The van der Waals surface area contributed by atoms with Crippen molar-refractivity contribution < 1.29 is 65.3 Å². The van der Waals surface area contributed by atoms with Crippen molar-refractivity contribution in [2.75, 3.05) is 132 Å². The number of carbonyl (C=O) groups excluding carboxylic acids is 3. The first-order chi connectivity index (χ1) is 59.1. The highest BCUT2D eigenvalue weighted by atomic mass is 31.2. The zero-order valence-electron chi connectivity index (χ0n) is 70.5. The van der Waals surface area contributed by atoms with Crippen molar-refractivity contribution in [2.45, 2.75) is 96.4 Å². The van der Waals surface area contributed by atoms with Gasteiger partial charge in [-0.3, -0.25) is 96.2 Å². The quantitative estimate of drug-likeness (QED) is 0.0173. The topological polar surface area (TPSA) is 460 Å². The average molecular weight is 1770 g/mol. The van der Waals surface area contributed by atoms with Crippen LogP contribution in [0.15, 0.2) is 169 Å². The summed E-state index contributed by atoms with van der Waals surface area (Å²) in [5, 5.41) is 5.33. The average Bonchev–Trinajstić information content (AvgIpc) is 1.11. The number of hydrogen-bond donors (Lipinski definition) is 6. The molecule has 4 aliphatic rings. The number of fused-ring (bicyclic) bond motifs is 2. The largest absolute Gasteiger partial charge is 0.465 e. The Morgan fingerprint density at radius 1 is 0.476 bits per heavy atom. The molecular weight excluding hydrogens is 1670 g/mol. The molecule has 0 unspecified atom stereocenters. The van der Waals surface area contributed by atoms with E-state index < -0.39 is 161 Å². The molecular formula is C80H100N21O20P3. The third-order valence-corrected chi connectivity index (χ3v) is 29.7. The van der Waals surface area contributed by atoms with Crippen molar-refractivity contribution in [1.29, 1.82) is 0 Å². The fraction of sp³-hybridized carbons (Fsp3) is 0.438. The number of hydrogen-bond acceptors (Lipinski definition) is 25. The SMILES string of the molecule is COC(=O)c1ccccc1[C@H]1CN([P@@](=O)(OC[C@@H]2CN([P@@](=O)(OC[C@@H]3CN([P@@](=O)(OC[C@@H]4CN(C(c5ccccc5)(c5ccccc5)c5ccccc5)C[C@H](n5cnc6c(=O)[nH]c(NC(=O)C(C)C)nc65)O4)N(C)C)C[C@H](n4cc(C)c(=O)[nH]c4=O)O3)N(C)C)C[C@H](n3cnc4c(=O)[nH]c(NC(=O)C(C)C)nc43)O2)N(C)C)C[C@H](n2cc(C)c(=O)[nH]c2=O)O1. The normalized spacial score (nSPS) is 21.9. The number of rotatable bonds is 29. The van der Waals surface area contributed by atoms with Gasteiger partial charge in [0.15, 0.2) is 34.8 Å². The van der Waals surface area contributed by atoms with E-state index in [4.69, 9.17) is 42.2 Å². The number of H-pyrrole nitrogens is 4. The summed E-state index contributed by atoms with van der Waals surface area (Å²) in [4.78, 5) is 152. The van der Waals surface area contributed by atoms with Crippen LogP contribution in [0, 0.1) is 25.7 Å². The number of imidazole rings is 2. The molecule has 44 heteroatoms. The summed E-state index contributed by atoms with van der Waals surface area (Å²) in [6.45, 7) is 6.47. The molecule has 0 spiro atoms. The molecule has 41 nitrogen and oxygen atoms in total. The van der Waals surface area contributed by atoms with Crippen molar-refractivity contribution in [3.05, 3.63) is 242 Å². The second-order valence-corrected chi connectivity index (χ2v) is 39.6. The van der Waals surface area contributed by atoms with Crippen LogP contribution < -0.4 is 44.3 Å². The van der Waals surface area contributed by atoms with E-state index in [9.17, 15) is 43.2 Å². The van der Waals surface area contributed by atoms with Crippen LogP contribution in [0.1, 0.15) is 102 Å². The molecule has 0 saturated carbocycles. The molecule has 124 heavy (non-hydrogen) atoms. The minimum Gasteiger partial charge on any atom is -0.465 e. The Hall–Kier alpha value is -10.5. The maximum atomic E-state index is 16.8. The monoisotopic (exact) mass is 1770 g/mol. The van der Waals surface area contributed by atoms with Crippen molar-refractivity contribution in [3.8, 4) is 0 Å². The standard InChI is InChI=1S/C80H100N21O20P3/c1-48(2)69(102)85-76-83-67-65(73(106)87-76)81-46-100(67)61-39-94(80(52-25-17-14-18-26-52,53-27-19-15-20-28-53)54-29-21-16-22-30-54)35-55(118-61)43-115-122(111,91(7)8)95-36-56(119-62(40-95)98-33-50(5)71(104)89-78(98)109)44-116-123(112,92(9)10)96-37-57(120-64(42-96)101-47-82-66-68(101)84-77(88-74(66)107)86-70(103)49(3)4)45-117-124(113,93(11)12)97-38-60(58-31-23-24-32-59(58)75(108)114-13)121-63(41-97)99-34-51(6)72(105)90-79(99)110/h14-34,46-49,55-57,60-64H,35-45H2,1-13H3,(H,89,104,109)(H,90,105,110)(H2,83,85,87,102,106)(H2,84,86,88,103,107)/t55-,56-,57-,60+,61+,62+,63+,64+,122-,123-,124-/m0/s1. The van der Waals surface area contributed by atoms with Gasteiger partial charge < -0.3 is 37.3 Å². The van der Waals surface area contributed by atoms with E-state index in [-0.39, 0.29) is 103 Å². The molecule has 4 aromatic carbocycles. The number of carbonyl (C=O) groups is 3. The molecule has 4 aliphatic heterocycles. The number of benzene rings is 4. The van der Waals surface area contributed by atoms with Gasteiger partial charge >= 0.3 is 40.4 Å². The predicted molar refractivity (Wildman–Crippen MR) is 455 cm³/mol. The Morgan fingerprint density at radius 3 is 1.23 bits per heavy atom. The maximum Gasteiger partial charge on any atom is 0.345 e. The van der Waals surface area contributed by atoms with E-state index in [0.717, 1.165) is 25.8 Å². The van der Waals surface area contributed by atoms with Gasteiger partial charge in [0.2, 0.25) is 23.7 Å². The highest BCUT2D eigenvalue weighted by molar-refractivity contribution is 7.54. The molecule has 4 saturated heterocycles. The van der Waals surface area contributed by atoms with Gasteiger partial charge in [-0.2, -0.15) is 9.97 Å². The first-order valence-corrected chi connectivity index (χ1v) is 44.6. The molecule has 10 heterocycles. The van der Waals surface area contributed by atoms with Crippen LogP contribution in [0.2, 0.25) is 0 Å². The van der Waals surface area contributed by atoms with Crippen LogP contribution in [0.3, 0.4) is 0 Å². The summed E-state index contributed by atoms with van der Waals surface area (Å²) in [5.74, 6) is -2.95. The lowest BCUT2D eigenvalue weighted by molar-refractivity contribution is -0.148. The Kier molecular flexibility index (Phi) is 26.8. The maximum absolute atomic E-state index is 16.8. The van der Waals surface area contributed by atoms with E-state index in [0.29, 0.717) is 5.56 Å². The van der Waals surface area contributed by atoms with Crippen molar-refractivity contribution >= 4 is 75.0 Å². The first kappa shape index (κ1) is 89.7. The van der Waals surface area contributed by atoms with E-state index >= 15 is 13.7 Å². The van der Waals surface area contributed by atoms with Gasteiger partial charge in [-0.1, -0.05) is 137 Å². The van der Waals surface area contributed by atoms with Gasteiger partial charge in [0.25, 0.3) is 22.2 Å². The number of esters is 1. The third kappa shape index (κ3) is 18.1. The molecule has 10 aromatic rings. The third-order valence-electron chi connectivity index (χ3n) is 22.0. The highest BCUT2D eigenvalue weighted by Crippen LogP contribution is 2.59. The zero-order chi connectivity index (χ0) is 88.6. The van der Waals surface area contributed by atoms with Crippen LogP contribution in [-0.4, -0.2) is 249 Å². The van der Waals surface area contributed by atoms with Gasteiger partial charge in [-0.25, -0.2) is 52.4 Å². The molecule has 4 fully saturated rings. The van der Waals surface area contributed by atoms with Gasteiger partial charge in [0.1, 0.15) is 12.5 Å². The second-order valence-electron chi connectivity index (χ2n) is 31.7. The minimum atomic E-state index is -4.56. The van der Waals surface area contributed by atoms with Gasteiger partial charge in [0, 0.05) is 68.1 Å². The van der Waals surface area contributed by atoms with Crippen LogP contribution in [0.25, 0.3) is 22.3 Å². The minimum absolute atomic E-state index is 0.0479. The van der Waals surface area contributed by atoms with Crippen molar-refractivity contribution in [3.63, 3.8) is 0 Å². The predicted octanol–water partition coefficient (Wildman–Crippen LogP) is 6.17. The van der Waals surface area contributed by atoms with E-state index in [1.54, 1.807) is 64.6 Å². The Morgan fingerprint density at radius 2 is 0.839 bits per heavy atom. The lowest BCUT2D eigenvalue weighted by Crippen LogP contribution is -2.57. The molecule has 11 atom stereocenters. The van der Waals surface area contributed by atoms with Gasteiger partial charge in [0.05, 0.1) is 94.7 Å². The number of methoxy groups -OCH3 is 1. The molecule has 660 valence electrons. The summed E-state index contributed by atoms with van der Waals surface area (Å²) in [6, 6.07) is 36.1. The lowest BCUT2D eigenvalue weighted by Gasteiger charge is -2.51. The summed E-state index contributed by atoms with van der Waals surface area (Å²) < 4.78 is 117. The fourth-order valence-corrected chi connectivity index (χ4v) is 21.6. The van der Waals surface area contributed by atoms with Crippen LogP contribution >= 0.6 is 23.0 Å². The van der Waals surface area contributed by atoms with Gasteiger partial charge in [-0.15, -0.1) is 0 Å². The fourth-order valence-electron chi connectivity index (χ4n) is 15.7. The molecule has 14 rings (SSSR count). The van der Waals surface area contributed by atoms with E-state index in [1.165, 1.54) is 113 Å². The summed E-state index contributed by atoms with van der Waals surface area (Å²) in [6.07, 6.45) is -4.37. The number of aryl methyl sites for hydroxylation is 2. The number of aromatic nitrogens is 12. The molecule has 6 aromatic heterocycles. The van der Waals surface area contributed by atoms with Gasteiger partial charge in [-0.05, 0) is 84.5 Å². The number of anilines is 2. The molecule has 6 N–H and O–H groups in total. The van der Waals surface area contributed by atoms with Crippen molar-refractivity contribution in [1.82, 2.24) is 91.1 Å². The molecule has 2 amide bonds. The number of nitrogens with one attached hydrogen (secondary N) is 6. The summed E-state index contributed by atoms with van der Waals surface area (Å²) in [7, 11) is -3.15. The first-order valence-electron chi connectivity index (χ1n) is 40.1. The number of amides is 2. The van der Waals surface area contributed by atoms with E-state index in [2.05, 4.69) is 50.4 Å². The molecule has 0 aliphatic carbocycles. The summed E-state index contributed by atoms with van der Waals surface area (Å²) >= 11 is 0. The molecule has 0 bridgehead atoms. The Bertz CT molecular complexity index is 6040. The Balaban J connectivity index is 0.808. The van der Waals surface area contributed by atoms with Crippen LogP contribution in [0.5, 0.6) is 0 Å². The highest BCUT2D eigenvalue weighted by Gasteiger charge is 2.52. The summed E-state index contributed by atoms with van der Waals surface area (Å²) in [5.41, 5.74) is -2.49. The number of nitrogens with zero attached hydrogens (tertiary/aromatic N) is 15. The van der Waals surface area contributed by atoms with Crippen molar-refractivity contribution in [2.24, 2.45) is 11.8 Å². The number of aromatic amines is 4. The second kappa shape index (κ2) is 37.0. The van der Waals surface area contributed by atoms with Crippen LogP contribution in [-0.2, 0) is 66.1 Å². The number of ether oxygens (including phenoxy) is 5. The lowest BCUT2D eigenvalue weighted by atomic mass is 9.75. The zero-order valence-corrected chi connectivity index (χ0v) is 73.2. The Labute approximate surface area is 710 Å². The van der Waals surface area contributed by atoms with E-state index in [1.807, 2.05) is 91.0 Å².